The van der Waals surface area contributed by atoms with Crippen LogP contribution in [0.25, 0.3) is 0 Å². The SMILES string of the molecule is Cc1ccc(N)c(C(=O)c2ccc(Cl)s2)c1. The van der Waals surface area contributed by atoms with Crippen molar-refractivity contribution in [3.8, 4) is 0 Å². The van der Waals surface area contributed by atoms with Gasteiger partial charge >= 0.3 is 0 Å². The monoisotopic (exact) mass is 251 g/mol. The summed E-state index contributed by atoms with van der Waals surface area (Å²) in [5.74, 6) is -0.0712. The molecule has 0 aliphatic rings. The summed E-state index contributed by atoms with van der Waals surface area (Å²) in [6.45, 7) is 1.93. The smallest absolute Gasteiger partial charge is 0.205 e. The molecule has 82 valence electrons. The zero-order valence-electron chi connectivity index (χ0n) is 8.66. The molecule has 0 amide bonds. The molecular weight excluding hydrogens is 242 g/mol. The molecule has 1 aromatic carbocycles. The van der Waals surface area contributed by atoms with E-state index in [2.05, 4.69) is 0 Å². The van der Waals surface area contributed by atoms with Gasteiger partial charge in [-0.2, -0.15) is 0 Å². The number of rotatable bonds is 2. The summed E-state index contributed by atoms with van der Waals surface area (Å²) in [4.78, 5) is 12.7. The summed E-state index contributed by atoms with van der Waals surface area (Å²) in [7, 11) is 0. The highest BCUT2D eigenvalue weighted by Gasteiger charge is 2.14. The van der Waals surface area contributed by atoms with Crippen molar-refractivity contribution in [2.45, 2.75) is 6.92 Å². The number of anilines is 1. The first-order valence-electron chi connectivity index (χ1n) is 4.74. The lowest BCUT2D eigenvalue weighted by Crippen LogP contribution is -2.03. The van der Waals surface area contributed by atoms with Crippen molar-refractivity contribution in [3.63, 3.8) is 0 Å². The largest absolute Gasteiger partial charge is 0.398 e. The van der Waals surface area contributed by atoms with Crippen molar-refractivity contribution in [3.05, 3.63) is 50.7 Å². The van der Waals surface area contributed by atoms with Gasteiger partial charge in [-0.15, -0.1) is 11.3 Å². The predicted molar refractivity (Wildman–Crippen MR) is 68.4 cm³/mol. The fraction of sp³-hybridized carbons (Fsp3) is 0.0833. The fourth-order valence-electron chi connectivity index (χ4n) is 1.44. The van der Waals surface area contributed by atoms with Crippen LogP contribution in [0.3, 0.4) is 0 Å². The lowest BCUT2D eigenvalue weighted by molar-refractivity contribution is 0.104. The minimum Gasteiger partial charge on any atom is -0.398 e. The molecule has 0 saturated carbocycles. The topological polar surface area (TPSA) is 43.1 Å². The van der Waals surface area contributed by atoms with Gasteiger partial charge in [0.1, 0.15) is 0 Å². The summed E-state index contributed by atoms with van der Waals surface area (Å²) in [6.07, 6.45) is 0. The highest BCUT2D eigenvalue weighted by molar-refractivity contribution is 7.18. The second kappa shape index (κ2) is 4.28. The zero-order chi connectivity index (χ0) is 11.7. The van der Waals surface area contributed by atoms with Gasteiger partial charge in [-0.05, 0) is 31.2 Å². The molecule has 0 unspecified atom stereocenters. The maximum atomic E-state index is 12.1. The third-order valence-corrected chi connectivity index (χ3v) is 3.48. The van der Waals surface area contributed by atoms with Crippen LogP contribution in [0.1, 0.15) is 20.8 Å². The Balaban J connectivity index is 2.45. The van der Waals surface area contributed by atoms with Crippen molar-refractivity contribution < 1.29 is 4.79 Å². The van der Waals surface area contributed by atoms with Crippen LogP contribution in [-0.2, 0) is 0 Å². The van der Waals surface area contributed by atoms with Crippen LogP contribution in [0.5, 0.6) is 0 Å². The number of hydrogen-bond acceptors (Lipinski definition) is 3. The highest BCUT2D eigenvalue weighted by Crippen LogP contribution is 2.26. The first kappa shape index (κ1) is 11.2. The Labute approximate surface area is 103 Å². The van der Waals surface area contributed by atoms with E-state index >= 15 is 0 Å². The van der Waals surface area contributed by atoms with Crippen LogP contribution < -0.4 is 5.73 Å². The quantitative estimate of drug-likeness (QED) is 0.656. The third-order valence-electron chi connectivity index (χ3n) is 2.25. The number of carbonyl (C=O) groups excluding carboxylic acids is 1. The molecule has 1 aromatic heterocycles. The molecule has 0 bridgehead atoms. The van der Waals surface area contributed by atoms with E-state index in [1.807, 2.05) is 13.0 Å². The van der Waals surface area contributed by atoms with Gasteiger partial charge < -0.3 is 5.73 Å². The molecule has 0 aliphatic carbocycles. The molecule has 0 atom stereocenters. The number of halogens is 1. The Morgan fingerprint density at radius 2 is 2.06 bits per heavy atom. The Bertz CT molecular complexity index is 548. The standard InChI is InChI=1S/C12H10ClNOS/c1-7-2-3-9(14)8(6-7)12(15)10-4-5-11(13)16-10/h2-6H,14H2,1H3. The Kier molecular flexibility index (Phi) is 2.99. The van der Waals surface area contributed by atoms with Crippen molar-refractivity contribution in [1.82, 2.24) is 0 Å². The number of nitrogens with two attached hydrogens (primary N) is 1. The van der Waals surface area contributed by atoms with Crippen LogP contribution >= 0.6 is 22.9 Å². The van der Waals surface area contributed by atoms with Gasteiger partial charge in [0.2, 0.25) is 5.78 Å². The van der Waals surface area contributed by atoms with Gasteiger partial charge in [-0.3, -0.25) is 4.79 Å². The van der Waals surface area contributed by atoms with Crippen LogP contribution in [0.2, 0.25) is 4.34 Å². The maximum Gasteiger partial charge on any atom is 0.205 e. The molecule has 0 radical (unpaired) electrons. The molecule has 2 aromatic rings. The molecule has 0 aliphatic heterocycles. The molecular formula is C12H10ClNOS. The van der Waals surface area contributed by atoms with Crippen LogP contribution in [-0.4, -0.2) is 5.78 Å². The second-order valence-electron chi connectivity index (χ2n) is 3.52. The molecule has 0 fully saturated rings. The minimum absolute atomic E-state index is 0.0712. The van der Waals surface area contributed by atoms with Crippen molar-refractivity contribution in [2.24, 2.45) is 0 Å². The van der Waals surface area contributed by atoms with E-state index < -0.39 is 0 Å². The summed E-state index contributed by atoms with van der Waals surface area (Å²) in [5, 5.41) is 0. The fourth-order valence-corrected chi connectivity index (χ4v) is 2.43. The number of hydrogen-bond donors (Lipinski definition) is 1. The van der Waals surface area contributed by atoms with E-state index in [-0.39, 0.29) is 5.78 Å². The Hall–Kier alpha value is -1.32. The number of nitrogen functional groups attached to an aromatic ring is 1. The average Bonchev–Trinajstić information content (AvgIpc) is 2.67. The summed E-state index contributed by atoms with van der Waals surface area (Å²) in [5.41, 5.74) is 7.84. The van der Waals surface area contributed by atoms with Gasteiger partial charge in [0, 0.05) is 11.3 Å². The van der Waals surface area contributed by atoms with E-state index in [0.717, 1.165) is 5.56 Å². The normalized spacial score (nSPS) is 10.4. The first-order valence-corrected chi connectivity index (χ1v) is 5.93. The van der Waals surface area contributed by atoms with Gasteiger partial charge in [0.15, 0.2) is 0 Å². The Morgan fingerprint density at radius 1 is 1.31 bits per heavy atom. The van der Waals surface area contributed by atoms with Crippen LogP contribution in [0.4, 0.5) is 5.69 Å². The van der Waals surface area contributed by atoms with Gasteiger partial charge in [-0.1, -0.05) is 23.2 Å². The number of thiophene rings is 1. The second-order valence-corrected chi connectivity index (χ2v) is 5.24. The van der Waals surface area contributed by atoms with Gasteiger partial charge in [-0.25, -0.2) is 0 Å². The third kappa shape index (κ3) is 2.10. The van der Waals surface area contributed by atoms with E-state index in [1.165, 1.54) is 11.3 Å². The van der Waals surface area contributed by atoms with E-state index in [9.17, 15) is 4.79 Å². The minimum atomic E-state index is -0.0712. The lowest BCUT2D eigenvalue weighted by Gasteiger charge is -2.04. The molecule has 0 spiro atoms. The van der Waals surface area contributed by atoms with E-state index in [4.69, 9.17) is 17.3 Å². The molecule has 0 saturated heterocycles. The molecule has 4 heteroatoms. The van der Waals surface area contributed by atoms with E-state index in [0.29, 0.717) is 20.5 Å². The summed E-state index contributed by atoms with van der Waals surface area (Å²) < 4.78 is 0.606. The average molecular weight is 252 g/mol. The number of ketones is 1. The Morgan fingerprint density at radius 3 is 2.69 bits per heavy atom. The van der Waals surface area contributed by atoms with Gasteiger partial charge in [0.05, 0.1) is 9.21 Å². The summed E-state index contributed by atoms with van der Waals surface area (Å²) >= 11 is 7.06. The number of benzene rings is 1. The van der Waals surface area contributed by atoms with Crippen LogP contribution in [0, 0.1) is 6.92 Å². The first-order chi connectivity index (χ1) is 7.58. The number of aryl methyl sites for hydroxylation is 1. The van der Waals surface area contributed by atoms with Crippen LogP contribution in [0.15, 0.2) is 30.3 Å². The van der Waals surface area contributed by atoms with Crippen molar-refractivity contribution >= 4 is 34.4 Å². The van der Waals surface area contributed by atoms with E-state index in [1.54, 1.807) is 24.3 Å². The zero-order valence-corrected chi connectivity index (χ0v) is 10.2. The predicted octanol–water partition coefficient (Wildman–Crippen LogP) is 3.52. The summed E-state index contributed by atoms with van der Waals surface area (Å²) in [6, 6.07) is 8.86. The van der Waals surface area contributed by atoms with Crippen molar-refractivity contribution in [2.75, 3.05) is 5.73 Å². The molecule has 2 rings (SSSR count). The van der Waals surface area contributed by atoms with Crippen molar-refractivity contribution in [1.29, 1.82) is 0 Å². The lowest BCUT2D eigenvalue weighted by atomic mass is 10.0. The number of carbonyl (C=O) groups is 1. The molecule has 2 N–H and O–H groups in total. The maximum absolute atomic E-state index is 12.1. The molecule has 2 nitrogen and oxygen atoms in total. The molecule has 1 heterocycles. The highest BCUT2D eigenvalue weighted by atomic mass is 35.5. The van der Waals surface area contributed by atoms with Gasteiger partial charge in [0.25, 0.3) is 0 Å². The molecule has 16 heavy (non-hydrogen) atoms.